The highest BCUT2D eigenvalue weighted by Crippen LogP contribution is 2.48. The van der Waals surface area contributed by atoms with Crippen molar-refractivity contribution in [3.63, 3.8) is 0 Å². The third-order valence-electron chi connectivity index (χ3n) is 6.79. The standard InChI is InChI=1S/C25H28O/c1-26-23-16-14-19-8-3-5-12-21(19)25(23)24-20-11-4-2-7-18(20)13-15-22(24)17-9-6-10-17/h4,8,11-18,20H,2-3,5-7,9-10H2,1H3. The van der Waals surface area contributed by atoms with Crippen molar-refractivity contribution in [1.29, 1.82) is 0 Å². The molecule has 1 fully saturated rings. The minimum atomic E-state index is 0.514. The molecule has 4 aliphatic rings. The summed E-state index contributed by atoms with van der Waals surface area (Å²) in [7, 11) is 1.83. The predicted octanol–water partition coefficient (Wildman–Crippen LogP) is 4.76. The van der Waals surface area contributed by atoms with Crippen LogP contribution in [0.15, 0.2) is 42.0 Å². The van der Waals surface area contributed by atoms with Gasteiger partial charge in [0.2, 0.25) is 0 Å². The average Bonchev–Trinajstić information content (AvgIpc) is 2.66. The Morgan fingerprint density at radius 3 is 2.65 bits per heavy atom. The van der Waals surface area contributed by atoms with Crippen LogP contribution in [-0.2, 0) is 0 Å². The van der Waals surface area contributed by atoms with Gasteiger partial charge in [-0.05, 0) is 78.0 Å². The molecule has 2 atom stereocenters. The fourth-order valence-corrected chi connectivity index (χ4v) is 5.20. The number of hydrogen-bond donors (Lipinski definition) is 0. The largest absolute Gasteiger partial charge is 0.496 e. The molecule has 4 aliphatic carbocycles. The van der Waals surface area contributed by atoms with E-state index in [-0.39, 0.29) is 0 Å². The number of benzene rings is 1. The summed E-state index contributed by atoms with van der Waals surface area (Å²) in [5, 5.41) is 2.80. The first-order valence-electron chi connectivity index (χ1n) is 10.3. The molecule has 0 aliphatic heterocycles. The molecule has 0 radical (unpaired) electrons. The van der Waals surface area contributed by atoms with Crippen LogP contribution in [0.1, 0.15) is 50.5 Å². The highest BCUT2D eigenvalue weighted by atomic mass is 16.5. The second kappa shape index (κ2) is 6.61. The summed E-state index contributed by atoms with van der Waals surface area (Å²) >= 11 is 0. The van der Waals surface area contributed by atoms with Crippen molar-refractivity contribution >= 4 is 17.7 Å². The lowest BCUT2D eigenvalue weighted by molar-refractivity contribution is 0.368. The first-order chi connectivity index (χ1) is 12.9. The SMILES string of the molecule is COc1ccc2c(c1C1=C(C3CCC3)C=CC3CCC=CC13)=CCCC=2. The smallest absolute Gasteiger partial charge is 0.127 e. The summed E-state index contributed by atoms with van der Waals surface area (Å²) in [5.74, 6) is 2.95. The van der Waals surface area contributed by atoms with Crippen LogP contribution < -0.4 is 15.2 Å². The molecule has 0 bridgehead atoms. The quantitative estimate of drug-likeness (QED) is 0.719. The molecule has 0 amide bonds. The molecule has 0 heterocycles. The van der Waals surface area contributed by atoms with Crippen molar-refractivity contribution in [2.45, 2.75) is 44.9 Å². The molecule has 5 rings (SSSR count). The first-order valence-corrected chi connectivity index (χ1v) is 10.3. The minimum absolute atomic E-state index is 0.514. The zero-order valence-electron chi connectivity index (χ0n) is 15.7. The number of fused-ring (bicyclic) bond motifs is 2. The van der Waals surface area contributed by atoms with E-state index < -0.39 is 0 Å². The molecule has 0 N–H and O–H groups in total. The van der Waals surface area contributed by atoms with Crippen LogP contribution in [0.3, 0.4) is 0 Å². The molecular weight excluding hydrogens is 316 g/mol. The first kappa shape index (κ1) is 16.2. The van der Waals surface area contributed by atoms with Gasteiger partial charge in [0.25, 0.3) is 0 Å². The highest BCUT2D eigenvalue weighted by molar-refractivity contribution is 5.81. The Labute approximate surface area is 156 Å². The number of methoxy groups -OCH3 is 1. The Morgan fingerprint density at radius 2 is 1.85 bits per heavy atom. The summed E-state index contributed by atoms with van der Waals surface area (Å²) < 4.78 is 5.91. The van der Waals surface area contributed by atoms with Crippen molar-refractivity contribution in [2.24, 2.45) is 17.8 Å². The Bertz CT molecular complexity index is 924. The van der Waals surface area contributed by atoms with E-state index >= 15 is 0 Å². The number of ether oxygens (including phenoxy) is 1. The van der Waals surface area contributed by atoms with Gasteiger partial charge in [0.15, 0.2) is 0 Å². The van der Waals surface area contributed by atoms with Crippen molar-refractivity contribution in [2.75, 3.05) is 7.11 Å². The number of rotatable bonds is 3. The Balaban J connectivity index is 1.81. The van der Waals surface area contributed by atoms with Crippen LogP contribution in [-0.4, -0.2) is 7.11 Å². The maximum absolute atomic E-state index is 5.91. The normalized spacial score (nSPS) is 27.1. The molecule has 26 heavy (non-hydrogen) atoms. The Morgan fingerprint density at radius 1 is 0.962 bits per heavy atom. The number of hydrogen-bond acceptors (Lipinski definition) is 1. The van der Waals surface area contributed by atoms with Crippen molar-refractivity contribution in [3.05, 3.63) is 58.0 Å². The van der Waals surface area contributed by atoms with Gasteiger partial charge in [-0.15, -0.1) is 0 Å². The van der Waals surface area contributed by atoms with Gasteiger partial charge in [0, 0.05) is 11.5 Å². The van der Waals surface area contributed by atoms with Gasteiger partial charge in [-0.1, -0.05) is 48.9 Å². The van der Waals surface area contributed by atoms with Crippen molar-refractivity contribution in [1.82, 2.24) is 0 Å². The van der Waals surface area contributed by atoms with Crippen molar-refractivity contribution in [3.8, 4) is 5.75 Å². The minimum Gasteiger partial charge on any atom is -0.496 e. The van der Waals surface area contributed by atoms with Crippen LogP contribution in [0.4, 0.5) is 0 Å². The predicted molar refractivity (Wildman–Crippen MR) is 109 cm³/mol. The highest BCUT2D eigenvalue weighted by Gasteiger charge is 2.34. The van der Waals surface area contributed by atoms with Gasteiger partial charge in [0.1, 0.15) is 5.75 Å². The van der Waals surface area contributed by atoms with Crippen LogP contribution in [0, 0.1) is 17.8 Å². The Hall–Kier alpha value is -2.02. The molecule has 1 heteroatoms. The monoisotopic (exact) mass is 344 g/mol. The lowest BCUT2D eigenvalue weighted by Gasteiger charge is -2.38. The van der Waals surface area contributed by atoms with Crippen molar-refractivity contribution < 1.29 is 4.74 Å². The second-order valence-corrected chi connectivity index (χ2v) is 8.18. The van der Waals surface area contributed by atoms with E-state index in [9.17, 15) is 0 Å². The third kappa shape index (κ3) is 2.52. The molecule has 0 spiro atoms. The summed E-state index contributed by atoms with van der Waals surface area (Å²) in [6.07, 6.45) is 23.5. The van der Waals surface area contributed by atoms with E-state index in [4.69, 9.17) is 4.74 Å². The molecule has 0 aromatic heterocycles. The summed E-state index contributed by atoms with van der Waals surface area (Å²) in [5.41, 5.74) is 4.54. The topological polar surface area (TPSA) is 9.23 Å². The summed E-state index contributed by atoms with van der Waals surface area (Å²) in [6, 6.07) is 4.43. The van der Waals surface area contributed by atoms with E-state index in [1.165, 1.54) is 48.1 Å². The summed E-state index contributed by atoms with van der Waals surface area (Å²) in [4.78, 5) is 0. The molecule has 1 saturated carbocycles. The zero-order chi connectivity index (χ0) is 17.5. The zero-order valence-corrected chi connectivity index (χ0v) is 15.7. The van der Waals surface area contributed by atoms with Crippen LogP contribution in [0.5, 0.6) is 5.75 Å². The van der Waals surface area contributed by atoms with Gasteiger partial charge >= 0.3 is 0 Å². The molecule has 1 nitrogen and oxygen atoms in total. The maximum Gasteiger partial charge on any atom is 0.127 e. The molecule has 134 valence electrons. The lowest BCUT2D eigenvalue weighted by atomic mass is 9.66. The van der Waals surface area contributed by atoms with Gasteiger partial charge in [-0.3, -0.25) is 0 Å². The van der Waals surface area contributed by atoms with Gasteiger partial charge < -0.3 is 4.74 Å². The molecule has 2 unspecified atom stereocenters. The fraction of sp³-hybridized carbons (Fsp3) is 0.440. The van der Waals surface area contributed by atoms with E-state index in [0.717, 1.165) is 24.5 Å². The summed E-state index contributed by atoms with van der Waals surface area (Å²) in [6.45, 7) is 0. The maximum atomic E-state index is 5.91. The Kier molecular flexibility index (Phi) is 4.11. The van der Waals surface area contributed by atoms with Gasteiger partial charge in [-0.2, -0.15) is 0 Å². The van der Waals surface area contributed by atoms with E-state index in [2.05, 4.69) is 48.6 Å². The average molecular weight is 344 g/mol. The van der Waals surface area contributed by atoms with E-state index in [1.807, 2.05) is 7.11 Å². The van der Waals surface area contributed by atoms with Gasteiger partial charge in [0.05, 0.1) is 7.11 Å². The van der Waals surface area contributed by atoms with Crippen LogP contribution in [0.2, 0.25) is 0 Å². The lowest BCUT2D eigenvalue weighted by Crippen LogP contribution is -2.34. The van der Waals surface area contributed by atoms with Crippen LogP contribution in [0.25, 0.3) is 17.7 Å². The van der Waals surface area contributed by atoms with Gasteiger partial charge in [-0.25, -0.2) is 0 Å². The second-order valence-electron chi connectivity index (χ2n) is 8.18. The van der Waals surface area contributed by atoms with E-state index in [1.54, 1.807) is 11.1 Å². The van der Waals surface area contributed by atoms with E-state index in [0.29, 0.717) is 11.8 Å². The number of allylic oxidation sites excluding steroid dienone is 6. The molecular formula is C25H28O. The van der Waals surface area contributed by atoms with Crippen LogP contribution >= 0.6 is 0 Å². The third-order valence-corrected chi connectivity index (χ3v) is 6.79. The molecule has 0 saturated heterocycles. The molecule has 1 aromatic rings. The fourth-order valence-electron chi connectivity index (χ4n) is 5.20. The molecule has 1 aromatic carbocycles.